The fraction of sp³-hybridized carbons (Fsp3) is 0.500. The first-order valence-corrected chi connectivity index (χ1v) is 6.93. The molecule has 0 aliphatic carbocycles. The largest absolute Gasteiger partial charge is 0.496 e. The SMILES string of the molecule is COc1ccc(NCC2CCCS2)c([N+](=O)[O-])c1. The van der Waals surface area contributed by atoms with E-state index in [0.717, 1.165) is 6.54 Å². The molecule has 1 N–H and O–H groups in total. The molecule has 0 spiro atoms. The van der Waals surface area contributed by atoms with Crippen LogP contribution >= 0.6 is 11.8 Å². The predicted molar refractivity (Wildman–Crippen MR) is 73.6 cm³/mol. The third-order valence-electron chi connectivity index (χ3n) is 2.95. The van der Waals surface area contributed by atoms with E-state index in [9.17, 15) is 10.1 Å². The summed E-state index contributed by atoms with van der Waals surface area (Å²) in [5, 5.41) is 14.7. The number of anilines is 1. The average Bonchev–Trinajstić information content (AvgIpc) is 2.89. The Morgan fingerprint density at radius 1 is 1.61 bits per heavy atom. The van der Waals surface area contributed by atoms with Crippen LogP contribution in [-0.4, -0.2) is 29.6 Å². The first kappa shape index (κ1) is 13.0. The van der Waals surface area contributed by atoms with Crippen molar-refractivity contribution in [3.8, 4) is 5.75 Å². The van der Waals surface area contributed by atoms with Crippen LogP contribution in [0.4, 0.5) is 11.4 Å². The summed E-state index contributed by atoms with van der Waals surface area (Å²) < 4.78 is 5.00. The fourth-order valence-electron chi connectivity index (χ4n) is 1.97. The highest BCUT2D eigenvalue weighted by atomic mass is 32.2. The van der Waals surface area contributed by atoms with Gasteiger partial charge in [0.25, 0.3) is 5.69 Å². The molecule has 1 heterocycles. The summed E-state index contributed by atoms with van der Waals surface area (Å²) in [6, 6.07) is 4.89. The van der Waals surface area contributed by atoms with Crippen LogP contribution in [0.2, 0.25) is 0 Å². The Morgan fingerprint density at radius 3 is 3.06 bits per heavy atom. The van der Waals surface area contributed by atoms with Crippen LogP contribution in [0.1, 0.15) is 12.8 Å². The van der Waals surface area contributed by atoms with E-state index in [1.165, 1.54) is 31.8 Å². The van der Waals surface area contributed by atoms with Gasteiger partial charge in [-0.3, -0.25) is 10.1 Å². The van der Waals surface area contributed by atoms with Gasteiger partial charge in [-0.05, 0) is 30.7 Å². The van der Waals surface area contributed by atoms with Crippen molar-refractivity contribution in [3.63, 3.8) is 0 Å². The van der Waals surface area contributed by atoms with Crippen molar-refractivity contribution in [1.29, 1.82) is 0 Å². The second-order valence-corrected chi connectivity index (χ2v) is 5.56. The molecule has 1 unspecified atom stereocenters. The van der Waals surface area contributed by atoms with Crippen molar-refractivity contribution in [1.82, 2.24) is 0 Å². The molecule has 5 nitrogen and oxygen atoms in total. The molecule has 1 aromatic carbocycles. The molecular weight excluding hydrogens is 252 g/mol. The maximum atomic E-state index is 11.0. The Bertz CT molecular complexity index is 433. The Hall–Kier alpha value is -1.43. The summed E-state index contributed by atoms with van der Waals surface area (Å²) >= 11 is 1.93. The van der Waals surface area contributed by atoms with Gasteiger partial charge in [-0.1, -0.05) is 0 Å². The zero-order valence-electron chi connectivity index (χ0n) is 10.2. The lowest BCUT2D eigenvalue weighted by Crippen LogP contribution is -2.14. The lowest BCUT2D eigenvalue weighted by atomic mass is 10.2. The molecule has 0 aromatic heterocycles. The van der Waals surface area contributed by atoms with Crippen molar-refractivity contribution < 1.29 is 9.66 Å². The van der Waals surface area contributed by atoms with Gasteiger partial charge < -0.3 is 10.1 Å². The van der Waals surface area contributed by atoms with E-state index < -0.39 is 0 Å². The van der Waals surface area contributed by atoms with Crippen LogP contribution in [-0.2, 0) is 0 Å². The fourth-order valence-corrected chi connectivity index (χ4v) is 3.17. The van der Waals surface area contributed by atoms with Gasteiger partial charge in [-0.2, -0.15) is 11.8 Å². The number of thioether (sulfide) groups is 1. The highest BCUT2D eigenvalue weighted by Crippen LogP contribution is 2.31. The van der Waals surface area contributed by atoms with Gasteiger partial charge in [-0.25, -0.2) is 0 Å². The predicted octanol–water partition coefficient (Wildman–Crippen LogP) is 2.91. The maximum Gasteiger partial charge on any atom is 0.296 e. The van der Waals surface area contributed by atoms with Gasteiger partial charge in [0, 0.05) is 11.8 Å². The zero-order valence-corrected chi connectivity index (χ0v) is 11.0. The summed E-state index contributed by atoms with van der Waals surface area (Å²) in [7, 11) is 1.50. The second kappa shape index (κ2) is 5.95. The smallest absolute Gasteiger partial charge is 0.296 e. The minimum absolute atomic E-state index is 0.0670. The van der Waals surface area contributed by atoms with Crippen LogP contribution in [0.3, 0.4) is 0 Å². The van der Waals surface area contributed by atoms with Crippen LogP contribution in [0, 0.1) is 10.1 Å². The molecule has 1 aromatic rings. The van der Waals surface area contributed by atoms with E-state index in [2.05, 4.69) is 5.32 Å². The van der Waals surface area contributed by atoms with E-state index in [0.29, 0.717) is 16.7 Å². The molecule has 18 heavy (non-hydrogen) atoms. The Labute approximate surface area is 110 Å². The molecule has 0 saturated carbocycles. The lowest BCUT2D eigenvalue weighted by Gasteiger charge is -2.12. The molecule has 1 atom stereocenters. The molecule has 98 valence electrons. The third-order valence-corrected chi connectivity index (χ3v) is 4.34. The maximum absolute atomic E-state index is 11.0. The van der Waals surface area contributed by atoms with Crippen LogP contribution in [0.15, 0.2) is 18.2 Å². The summed E-state index contributed by atoms with van der Waals surface area (Å²) in [4.78, 5) is 10.6. The number of nitrogens with zero attached hydrogens (tertiary/aromatic N) is 1. The number of nitro groups is 1. The van der Waals surface area contributed by atoms with Gasteiger partial charge in [0.15, 0.2) is 0 Å². The first-order valence-electron chi connectivity index (χ1n) is 5.88. The summed E-state index contributed by atoms with van der Waals surface area (Å²) in [6.07, 6.45) is 2.42. The minimum atomic E-state index is -0.382. The number of nitrogens with one attached hydrogen (secondary N) is 1. The molecule has 6 heteroatoms. The van der Waals surface area contributed by atoms with E-state index >= 15 is 0 Å². The molecule has 1 fully saturated rings. The number of ether oxygens (including phenoxy) is 1. The van der Waals surface area contributed by atoms with Crippen LogP contribution in [0.25, 0.3) is 0 Å². The van der Waals surface area contributed by atoms with Crippen LogP contribution in [0.5, 0.6) is 5.75 Å². The molecule has 0 bridgehead atoms. The highest BCUT2D eigenvalue weighted by molar-refractivity contribution is 8.00. The summed E-state index contributed by atoms with van der Waals surface area (Å²) in [6.45, 7) is 0.776. The molecule has 1 aliphatic heterocycles. The van der Waals surface area contributed by atoms with Crippen molar-refractivity contribution >= 4 is 23.1 Å². The average molecular weight is 268 g/mol. The number of nitro benzene ring substituents is 1. The second-order valence-electron chi connectivity index (χ2n) is 4.16. The third kappa shape index (κ3) is 3.07. The molecule has 2 rings (SSSR count). The molecule has 1 saturated heterocycles. The standard InChI is InChI=1S/C12H16N2O3S/c1-17-9-4-5-11(12(7-9)14(15)16)13-8-10-3-2-6-18-10/h4-5,7,10,13H,2-3,6,8H2,1H3. The Morgan fingerprint density at radius 2 is 2.44 bits per heavy atom. The van der Waals surface area contributed by atoms with Gasteiger partial charge in [-0.15, -0.1) is 0 Å². The molecule has 1 aliphatic rings. The van der Waals surface area contributed by atoms with Gasteiger partial charge in [0.2, 0.25) is 0 Å². The van der Waals surface area contributed by atoms with E-state index in [1.807, 2.05) is 11.8 Å². The van der Waals surface area contributed by atoms with E-state index in [-0.39, 0.29) is 10.6 Å². The van der Waals surface area contributed by atoms with Crippen molar-refractivity contribution in [2.75, 3.05) is 24.7 Å². The van der Waals surface area contributed by atoms with Gasteiger partial charge in [0.05, 0.1) is 18.1 Å². The number of benzene rings is 1. The topological polar surface area (TPSA) is 64.4 Å². The number of methoxy groups -OCH3 is 1. The normalized spacial score (nSPS) is 18.6. The minimum Gasteiger partial charge on any atom is -0.496 e. The van der Waals surface area contributed by atoms with Crippen molar-refractivity contribution in [3.05, 3.63) is 28.3 Å². The van der Waals surface area contributed by atoms with Gasteiger partial charge >= 0.3 is 0 Å². The number of hydrogen-bond donors (Lipinski definition) is 1. The first-order chi connectivity index (χ1) is 8.70. The van der Waals surface area contributed by atoms with Gasteiger partial charge in [0.1, 0.15) is 11.4 Å². The summed E-state index contributed by atoms with van der Waals surface area (Å²) in [5.74, 6) is 1.69. The molecule has 0 amide bonds. The molecular formula is C12H16N2O3S. The number of hydrogen-bond acceptors (Lipinski definition) is 5. The van der Waals surface area contributed by atoms with Crippen LogP contribution < -0.4 is 10.1 Å². The summed E-state index contributed by atoms with van der Waals surface area (Å²) in [5.41, 5.74) is 0.630. The Balaban J connectivity index is 2.08. The Kier molecular flexibility index (Phi) is 4.30. The van der Waals surface area contributed by atoms with Crippen molar-refractivity contribution in [2.24, 2.45) is 0 Å². The quantitative estimate of drug-likeness (QED) is 0.657. The zero-order chi connectivity index (χ0) is 13.0. The van der Waals surface area contributed by atoms with E-state index in [4.69, 9.17) is 4.74 Å². The lowest BCUT2D eigenvalue weighted by molar-refractivity contribution is -0.384. The van der Waals surface area contributed by atoms with E-state index in [1.54, 1.807) is 12.1 Å². The monoisotopic (exact) mass is 268 g/mol. The highest BCUT2D eigenvalue weighted by Gasteiger charge is 2.19. The van der Waals surface area contributed by atoms with Crippen molar-refractivity contribution in [2.45, 2.75) is 18.1 Å². The molecule has 0 radical (unpaired) electrons. The number of rotatable bonds is 5.